The van der Waals surface area contributed by atoms with Crippen molar-refractivity contribution in [2.24, 2.45) is 0 Å². The van der Waals surface area contributed by atoms with Gasteiger partial charge in [-0.05, 0) is 37.5 Å². The fraction of sp³-hybridized carbons (Fsp3) is 0.500. The zero-order chi connectivity index (χ0) is 9.10. The Bertz CT molecular complexity index is 271. The highest BCUT2D eigenvalue weighted by Crippen LogP contribution is 2.24. The van der Waals surface area contributed by atoms with Crippen LogP contribution in [0.15, 0.2) is 35.5 Å². The molecular weight excluding hydrogens is 158 g/mol. The van der Waals surface area contributed by atoms with E-state index in [4.69, 9.17) is 0 Å². The number of likely N-dealkylation sites (N-methyl/N-ethyl adjacent to an activating group) is 1. The van der Waals surface area contributed by atoms with Gasteiger partial charge in [-0.15, -0.1) is 0 Å². The first-order valence-electron chi connectivity index (χ1n) is 5.10. The van der Waals surface area contributed by atoms with Crippen molar-refractivity contribution in [3.8, 4) is 0 Å². The topological polar surface area (TPSA) is 3.24 Å². The summed E-state index contributed by atoms with van der Waals surface area (Å²) in [5, 5.41) is 0. The molecule has 2 rings (SSSR count). The third kappa shape index (κ3) is 2.10. The van der Waals surface area contributed by atoms with Gasteiger partial charge in [-0.3, -0.25) is 0 Å². The average molecular weight is 175 g/mol. The maximum atomic E-state index is 2.38. The molecule has 0 saturated heterocycles. The van der Waals surface area contributed by atoms with E-state index in [0.29, 0.717) is 0 Å². The van der Waals surface area contributed by atoms with Gasteiger partial charge in [-0.2, -0.15) is 0 Å². The second kappa shape index (κ2) is 3.93. The molecule has 0 saturated carbocycles. The first kappa shape index (κ1) is 8.76. The van der Waals surface area contributed by atoms with Crippen LogP contribution < -0.4 is 0 Å². The van der Waals surface area contributed by atoms with Crippen molar-refractivity contribution >= 4 is 0 Å². The van der Waals surface area contributed by atoms with Crippen LogP contribution in [-0.4, -0.2) is 25.0 Å². The molecule has 0 spiro atoms. The molecule has 0 atom stereocenters. The van der Waals surface area contributed by atoms with Crippen LogP contribution in [0.5, 0.6) is 0 Å². The highest BCUT2D eigenvalue weighted by molar-refractivity contribution is 5.37. The van der Waals surface area contributed by atoms with E-state index in [1.165, 1.54) is 25.8 Å². The van der Waals surface area contributed by atoms with Crippen LogP contribution >= 0.6 is 0 Å². The largest absolute Gasteiger partial charge is 0.302 e. The van der Waals surface area contributed by atoms with E-state index >= 15 is 0 Å². The van der Waals surface area contributed by atoms with Crippen molar-refractivity contribution in [1.29, 1.82) is 0 Å². The van der Waals surface area contributed by atoms with Crippen molar-refractivity contribution in [3.63, 3.8) is 0 Å². The highest BCUT2D eigenvalue weighted by atomic mass is 15.1. The van der Waals surface area contributed by atoms with Crippen LogP contribution in [-0.2, 0) is 0 Å². The molecule has 0 aromatic heterocycles. The minimum Gasteiger partial charge on any atom is -0.302 e. The smallest absolute Gasteiger partial charge is 0.0166 e. The molecule has 0 N–H and O–H groups in total. The van der Waals surface area contributed by atoms with Crippen LogP contribution in [0.3, 0.4) is 0 Å². The van der Waals surface area contributed by atoms with Crippen LogP contribution in [0.25, 0.3) is 0 Å². The van der Waals surface area contributed by atoms with Crippen molar-refractivity contribution in [3.05, 3.63) is 35.5 Å². The van der Waals surface area contributed by atoms with Gasteiger partial charge >= 0.3 is 0 Å². The summed E-state index contributed by atoms with van der Waals surface area (Å²) in [4.78, 5) is 2.36. The Hall–Kier alpha value is -0.820. The van der Waals surface area contributed by atoms with Gasteiger partial charge in [0.2, 0.25) is 0 Å². The molecule has 0 radical (unpaired) electrons. The average Bonchev–Trinajstić information content (AvgIpc) is 2.20. The van der Waals surface area contributed by atoms with Gasteiger partial charge in [0.05, 0.1) is 0 Å². The Morgan fingerprint density at radius 2 is 2.15 bits per heavy atom. The Labute approximate surface area is 80.4 Å². The standard InChI is InChI=1S/C12H17N/c1-13-9-7-12(8-10-13)11-5-3-2-4-6-11/h2-3,5,7H,4,6,8-10H2,1H3. The molecule has 13 heavy (non-hydrogen) atoms. The summed E-state index contributed by atoms with van der Waals surface area (Å²) < 4.78 is 0. The molecule has 0 bridgehead atoms. The fourth-order valence-electron chi connectivity index (χ4n) is 1.93. The molecule has 0 fully saturated rings. The lowest BCUT2D eigenvalue weighted by Gasteiger charge is -2.24. The Morgan fingerprint density at radius 1 is 1.23 bits per heavy atom. The molecule has 2 aliphatic rings. The van der Waals surface area contributed by atoms with Gasteiger partial charge in [0.1, 0.15) is 0 Å². The summed E-state index contributed by atoms with van der Waals surface area (Å²) in [5.74, 6) is 0. The molecule has 0 aromatic rings. The molecule has 0 amide bonds. The second-order valence-electron chi connectivity index (χ2n) is 3.90. The van der Waals surface area contributed by atoms with E-state index in [9.17, 15) is 0 Å². The lowest BCUT2D eigenvalue weighted by atomic mass is 9.93. The van der Waals surface area contributed by atoms with Gasteiger partial charge in [0.15, 0.2) is 0 Å². The lowest BCUT2D eigenvalue weighted by molar-refractivity contribution is 0.360. The minimum absolute atomic E-state index is 1.12. The first-order valence-corrected chi connectivity index (χ1v) is 5.10. The number of rotatable bonds is 1. The predicted molar refractivity (Wildman–Crippen MR) is 56.7 cm³/mol. The molecule has 1 heteroatoms. The SMILES string of the molecule is CN1CC=C(C2=CC=CCC2)CC1. The summed E-state index contributed by atoms with van der Waals surface area (Å²) >= 11 is 0. The molecular formula is C12H17N. The fourth-order valence-corrected chi connectivity index (χ4v) is 1.93. The van der Waals surface area contributed by atoms with Crippen LogP contribution in [0.4, 0.5) is 0 Å². The van der Waals surface area contributed by atoms with Gasteiger partial charge < -0.3 is 4.90 Å². The number of hydrogen-bond donors (Lipinski definition) is 0. The van der Waals surface area contributed by atoms with Crippen LogP contribution in [0.1, 0.15) is 19.3 Å². The second-order valence-corrected chi connectivity index (χ2v) is 3.90. The lowest BCUT2D eigenvalue weighted by Crippen LogP contribution is -2.24. The van der Waals surface area contributed by atoms with E-state index in [2.05, 4.69) is 36.3 Å². The van der Waals surface area contributed by atoms with Gasteiger partial charge in [-0.25, -0.2) is 0 Å². The van der Waals surface area contributed by atoms with Crippen molar-refractivity contribution in [1.82, 2.24) is 4.90 Å². The zero-order valence-corrected chi connectivity index (χ0v) is 8.29. The third-order valence-electron chi connectivity index (χ3n) is 2.84. The molecule has 70 valence electrons. The van der Waals surface area contributed by atoms with Gasteiger partial charge in [0.25, 0.3) is 0 Å². The van der Waals surface area contributed by atoms with Gasteiger partial charge in [-0.1, -0.05) is 24.3 Å². The first-order chi connectivity index (χ1) is 6.36. The summed E-state index contributed by atoms with van der Waals surface area (Å²) in [6, 6.07) is 0. The van der Waals surface area contributed by atoms with Crippen LogP contribution in [0, 0.1) is 0 Å². The van der Waals surface area contributed by atoms with Crippen LogP contribution in [0.2, 0.25) is 0 Å². The third-order valence-corrected chi connectivity index (χ3v) is 2.84. The quantitative estimate of drug-likeness (QED) is 0.592. The predicted octanol–water partition coefficient (Wildman–Crippen LogP) is 2.52. The number of hydrogen-bond acceptors (Lipinski definition) is 1. The summed E-state index contributed by atoms with van der Waals surface area (Å²) in [5.41, 5.74) is 3.15. The van der Waals surface area contributed by atoms with Crippen molar-refractivity contribution < 1.29 is 0 Å². The highest BCUT2D eigenvalue weighted by Gasteiger charge is 2.11. The molecule has 1 heterocycles. The van der Waals surface area contributed by atoms with Crippen molar-refractivity contribution in [2.45, 2.75) is 19.3 Å². The zero-order valence-electron chi connectivity index (χ0n) is 8.29. The van der Waals surface area contributed by atoms with E-state index in [-0.39, 0.29) is 0 Å². The molecule has 1 aliphatic carbocycles. The summed E-state index contributed by atoms with van der Waals surface area (Å²) in [6.45, 7) is 2.34. The van der Waals surface area contributed by atoms with Gasteiger partial charge in [0, 0.05) is 13.1 Å². The maximum absolute atomic E-state index is 2.38. The number of nitrogens with zero attached hydrogens (tertiary/aromatic N) is 1. The van der Waals surface area contributed by atoms with E-state index in [1.54, 1.807) is 11.1 Å². The molecule has 1 nitrogen and oxygen atoms in total. The minimum atomic E-state index is 1.12. The monoisotopic (exact) mass is 175 g/mol. The Kier molecular flexibility index (Phi) is 2.65. The normalized spacial score (nSPS) is 24.1. The summed E-state index contributed by atoms with van der Waals surface area (Å²) in [6.07, 6.45) is 12.8. The molecule has 0 unspecified atom stereocenters. The maximum Gasteiger partial charge on any atom is 0.0166 e. The van der Waals surface area contributed by atoms with E-state index < -0.39 is 0 Å². The summed E-state index contributed by atoms with van der Waals surface area (Å²) in [7, 11) is 2.18. The molecule has 1 aliphatic heterocycles. The Morgan fingerprint density at radius 3 is 2.77 bits per heavy atom. The molecule has 0 aromatic carbocycles. The van der Waals surface area contributed by atoms with E-state index in [1.807, 2.05) is 0 Å². The number of allylic oxidation sites excluding steroid dienone is 4. The Balaban J connectivity index is 2.08. The van der Waals surface area contributed by atoms with Crippen molar-refractivity contribution in [2.75, 3.05) is 20.1 Å². The van der Waals surface area contributed by atoms with E-state index in [0.717, 1.165) is 6.54 Å².